The molecule has 0 bridgehead atoms. The van der Waals surface area contributed by atoms with E-state index >= 15 is 0 Å². The lowest BCUT2D eigenvalue weighted by atomic mass is 10.0. The lowest BCUT2D eigenvalue weighted by Crippen LogP contribution is -2.41. The highest BCUT2D eigenvalue weighted by atomic mass is 16.6. The molecule has 1 unspecified atom stereocenters. The minimum Gasteiger partial charge on any atom is -0.443 e. The average molecular weight is 239 g/mol. The van der Waals surface area contributed by atoms with Crippen LogP contribution in [0.5, 0.6) is 0 Å². The highest BCUT2D eigenvalue weighted by Crippen LogP contribution is 2.21. The number of ether oxygens (including phenoxy) is 1. The van der Waals surface area contributed by atoms with Gasteiger partial charge in [0.15, 0.2) is 0 Å². The average Bonchev–Trinajstić information content (AvgIpc) is 2.24. The Bertz CT molecular complexity index is 304. The van der Waals surface area contributed by atoms with Crippen LogP contribution in [-0.2, 0) is 9.53 Å². The summed E-state index contributed by atoms with van der Waals surface area (Å²) in [6.07, 6.45) is 7.32. The zero-order valence-electron chi connectivity index (χ0n) is 10.8. The van der Waals surface area contributed by atoms with Crippen LogP contribution in [0.25, 0.3) is 0 Å². The van der Waals surface area contributed by atoms with Gasteiger partial charge in [-0.05, 0) is 40.0 Å². The van der Waals surface area contributed by atoms with E-state index in [4.69, 9.17) is 4.74 Å². The van der Waals surface area contributed by atoms with Gasteiger partial charge in [0.2, 0.25) is 0 Å². The third kappa shape index (κ3) is 4.59. The van der Waals surface area contributed by atoms with Gasteiger partial charge in [-0.15, -0.1) is 0 Å². The number of allylic oxidation sites excluding steroid dienone is 1. The molecular weight excluding hydrogens is 218 g/mol. The van der Waals surface area contributed by atoms with Crippen molar-refractivity contribution >= 4 is 12.4 Å². The molecule has 4 heteroatoms. The van der Waals surface area contributed by atoms with Gasteiger partial charge in [0.05, 0.1) is 0 Å². The fourth-order valence-electron chi connectivity index (χ4n) is 1.81. The molecule has 1 rings (SSSR count). The van der Waals surface area contributed by atoms with Crippen LogP contribution < -0.4 is 0 Å². The van der Waals surface area contributed by atoms with Gasteiger partial charge in [0.25, 0.3) is 0 Å². The first-order valence-corrected chi connectivity index (χ1v) is 6.05. The van der Waals surface area contributed by atoms with Gasteiger partial charge in [-0.2, -0.15) is 0 Å². The fourth-order valence-corrected chi connectivity index (χ4v) is 1.81. The van der Waals surface area contributed by atoms with Gasteiger partial charge in [0, 0.05) is 18.7 Å². The third-order valence-corrected chi connectivity index (χ3v) is 2.55. The molecule has 0 aromatic heterocycles. The van der Waals surface area contributed by atoms with E-state index in [1.807, 2.05) is 26.8 Å². The monoisotopic (exact) mass is 239 g/mol. The number of carbonyl (C=O) groups excluding carboxylic acids is 2. The number of carbonyl (C=O) groups is 2. The van der Waals surface area contributed by atoms with Crippen molar-refractivity contribution in [3.05, 3.63) is 12.3 Å². The Morgan fingerprint density at radius 2 is 2.24 bits per heavy atom. The molecule has 1 atom stereocenters. The molecule has 0 spiro atoms. The first-order chi connectivity index (χ1) is 7.94. The maximum atomic E-state index is 12.0. The fraction of sp³-hybridized carbons (Fsp3) is 0.692. The minimum atomic E-state index is -0.489. The second kappa shape index (κ2) is 5.84. The molecule has 1 aliphatic heterocycles. The second-order valence-corrected chi connectivity index (χ2v) is 5.25. The van der Waals surface area contributed by atoms with E-state index < -0.39 is 5.60 Å². The normalized spacial score (nSPS) is 20.2. The summed E-state index contributed by atoms with van der Waals surface area (Å²) < 4.78 is 5.33. The largest absolute Gasteiger partial charge is 0.443 e. The molecule has 0 radical (unpaired) electrons. The van der Waals surface area contributed by atoms with Gasteiger partial charge in [0.1, 0.15) is 11.9 Å². The SMILES string of the molecule is CC(C)(C)OC(=O)N1C=CCCC1CCC=O. The van der Waals surface area contributed by atoms with Crippen molar-refractivity contribution in [3.8, 4) is 0 Å². The highest BCUT2D eigenvalue weighted by molar-refractivity contribution is 5.70. The molecule has 96 valence electrons. The number of hydrogen-bond acceptors (Lipinski definition) is 3. The standard InChI is InChI=1S/C13H21NO3/c1-13(2,3)17-12(16)14-9-5-4-7-11(14)8-6-10-15/h5,9-11H,4,6-8H2,1-3H3. The molecule has 17 heavy (non-hydrogen) atoms. The smallest absolute Gasteiger partial charge is 0.414 e. The molecule has 4 nitrogen and oxygen atoms in total. The number of nitrogens with zero attached hydrogens (tertiary/aromatic N) is 1. The van der Waals surface area contributed by atoms with E-state index in [9.17, 15) is 9.59 Å². The molecule has 0 saturated heterocycles. The summed E-state index contributed by atoms with van der Waals surface area (Å²) in [5.74, 6) is 0. The van der Waals surface area contributed by atoms with Gasteiger partial charge in [-0.25, -0.2) is 4.79 Å². The minimum absolute atomic E-state index is 0.0834. The van der Waals surface area contributed by atoms with E-state index in [1.165, 1.54) is 0 Å². The summed E-state index contributed by atoms with van der Waals surface area (Å²) in [5.41, 5.74) is -0.489. The Kier molecular flexibility index (Phi) is 4.73. The molecule has 0 N–H and O–H groups in total. The first-order valence-electron chi connectivity index (χ1n) is 6.05. The van der Waals surface area contributed by atoms with E-state index in [-0.39, 0.29) is 12.1 Å². The molecule has 1 amide bonds. The number of rotatable bonds is 3. The van der Waals surface area contributed by atoms with Gasteiger partial charge in [-0.3, -0.25) is 4.90 Å². The molecule has 0 aromatic rings. The van der Waals surface area contributed by atoms with E-state index in [0.29, 0.717) is 12.8 Å². The van der Waals surface area contributed by atoms with Crippen LogP contribution in [-0.4, -0.2) is 28.9 Å². The Labute approximate surface area is 103 Å². The van der Waals surface area contributed by atoms with Crippen molar-refractivity contribution in [3.63, 3.8) is 0 Å². The predicted molar refractivity (Wildman–Crippen MR) is 65.5 cm³/mol. The summed E-state index contributed by atoms with van der Waals surface area (Å²) in [5, 5.41) is 0. The van der Waals surface area contributed by atoms with Crippen LogP contribution in [0.3, 0.4) is 0 Å². The third-order valence-electron chi connectivity index (χ3n) is 2.55. The molecular formula is C13H21NO3. The van der Waals surface area contributed by atoms with Crippen LogP contribution in [0.2, 0.25) is 0 Å². The molecule has 0 aliphatic carbocycles. The lowest BCUT2D eigenvalue weighted by Gasteiger charge is -2.33. The van der Waals surface area contributed by atoms with E-state index in [1.54, 1.807) is 11.1 Å². The number of amides is 1. The Morgan fingerprint density at radius 1 is 1.53 bits per heavy atom. The highest BCUT2D eigenvalue weighted by Gasteiger charge is 2.27. The summed E-state index contributed by atoms with van der Waals surface area (Å²) in [7, 11) is 0. The van der Waals surface area contributed by atoms with Gasteiger partial charge < -0.3 is 9.53 Å². The quantitative estimate of drug-likeness (QED) is 0.711. The van der Waals surface area contributed by atoms with Crippen molar-refractivity contribution in [2.45, 2.75) is 58.1 Å². The zero-order chi connectivity index (χ0) is 12.9. The van der Waals surface area contributed by atoms with Crippen LogP contribution in [0, 0.1) is 0 Å². The topological polar surface area (TPSA) is 46.6 Å². The zero-order valence-corrected chi connectivity index (χ0v) is 10.8. The maximum Gasteiger partial charge on any atom is 0.414 e. The Morgan fingerprint density at radius 3 is 2.82 bits per heavy atom. The van der Waals surface area contributed by atoms with Crippen molar-refractivity contribution < 1.29 is 14.3 Å². The first kappa shape index (κ1) is 13.7. The van der Waals surface area contributed by atoms with Crippen LogP contribution >= 0.6 is 0 Å². The Balaban J connectivity index is 2.63. The van der Waals surface area contributed by atoms with Gasteiger partial charge >= 0.3 is 6.09 Å². The molecule has 1 heterocycles. The van der Waals surface area contributed by atoms with E-state index in [0.717, 1.165) is 19.1 Å². The predicted octanol–water partition coefficient (Wildman–Crippen LogP) is 2.88. The van der Waals surface area contributed by atoms with Crippen LogP contribution in [0.1, 0.15) is 46.5 Å². The van der Waals surface area contributed by atoms with Crippen LogP contribution in [0.4, 0.5) is 4.79 Å². The lowest BCUT2D eigenvalue weighted by molar-refractivity contribution is -0.108. The summed E-state index contributed by atoms with van der Waals surface area (Å²) in [6.45, 7) is 5.54. The summed E-state index contributed by atoms with van der Waals surface area (Å²) in [6, 6.07) is 0.0834. The second-order valence-electron chi connectivity index (χ2n) is 5.25. The van der Waals surface area contributed by atoms with E-state index in [2.05, 4.69) is 0 Å². The molecule has 0 saturated carbocycles. The Hall–Kier alpha value is -1.32. The van der Waals surface area contributed by atoms with Gasteiger partial charge in [-0.1, -0.05) is 6.08 Å². The van der Waals surface area contributed by atoms with Crippen molar-refractivity contribution in [1.82, 2.24) is 4.90 Å². The molecule has 0 aromatic carbocycles. The van der Waals surface area contributed by atoms with Crippen molar-refractivity contribution in [1.29, 1.82) is 0 Å². The number of aldehydes is 1. The maximum absolute atomic E-state index is 12.0. The number of hydrogen-bond donors (Lipinski definition) is 0. The molecule has 0 fully saturated rings. The summed E-state index contributed by atoms with van der Waals surface area (Å²) in [4.78, 5) is 24.0. The summed E-state index contributed by atoms with van der Waals surface area (Å²) >= 11 is 0. The van der Waals surface area contributed by atoms with Crippen molar-refractivity contribution in [2.75, 3.05) is 0 Å². The van der Waals surface area contributed by atoms with Crippen molar-refractivity contribution in [2.24, 2.45) is 0 Å². The van der Waals surface area contributed by atoms with Crippen LogP contribution in [0.15, 0.2) is 12.3 Å². The molecule has 1 aliphatic rings.